The maximum Gasteiger partial charge on any atom is 0.0602 e. The number of likely N-dealkylation sites (N-methyl/N-ethyl adjacent to an activating group) is 1. The van der Waals surface area contributed by atoms with Crippen molar-refractivity contribution >= 4 is 17.3 Å². The van der Waals surface area contributed by atoms with Crippen molar-refractivity contribution in [3.63, 3.8) is 0 Å². The second kappa shape index (κ2) is 8.95. The Bertz CT molecular complexity index is 389. The zero-order chi connectivity index (χ0) is 13.2. The molecular weight excluding hydrogens is 240 g/mol. The van der Waals surface area contributed by atoms with E-state index in [2.05, 4.69) is 41.2 Å². The Morgan fingerprint density at radius 1 is 1.56 bits per heavy atom. The summed E-state index contributed by atoms with van der Waals surface area (Å²) in [4.78, 5) is 4.16. The summed E-state index contributed by atoms with van der Waals surface area (Å²) in [5.41, 5.74) is 5.51. The molecule has 0 atom stereocenters. The van der Waals surface area contributed by atoms with Crippen LogP contribution in [0.3, 0.4) is 0 Å². The zero-order valence-corrected chi connectivity index (χ0v) is 12.1. The van der Waals surface area contributed by atoms with Gasteiger partial charge in [0.15, 0.2) is 0 Å². The summed E-state index contributed by atoms with van der Waals surface area (Å²) in [5.74, 6) is 0.955. The van der Waals surface area contributed by atoms with Crippen molar-refractivity contribution in [3.05, 3.63) is 47.7 Å². The maximum absolute atomic E-state index is 4.16. The molecule has 98 valence electrons. The molecule has 0 aromatic carbocycles. The Labute approximate surface area is 115 Å². The van der Waals surface area contributed by atoms with E-state index in [9.17, 15) is 0 Å². The average Bonchev–Trinajstić information content (AvgIpc) is 2.31. The van der Waals surface area contributed by atoms with Crippen LogP contribution in [0.15, 0.2) is 52.7 Å². The van der Waals surface area contributed by atoms with Crippen molar-refractivity contribution in [2.75, 3.05) is 19.3 Å². The second-order valence-corrected chi connectivity index (χ2v) is 5.15. The predicted octanol–water partition coefficient (Wildman–Crippen LogP) is 3.70. The molecule has 3 heteroatoms. The Balaban J connectivity index is 2.54. The predicted molar refractivity (Wildman–Crippen MR) is 84.2 cm³/mol. The van der Waals surface area contributed by atoms with E-state index in [0.717, 1.165) is 30.8 Å². The molecule has 1 rings (SSSR count). The number of nitrogens with one attached hydrogen (secondary N) is 1. The van der Waals surface area contributed by atoms with E-state index >= 15 is 0 Å². The van der Waals surface area contributed by atoms with Crippen LogP contribution < -0.4 is 5.32 Å². The molecule has 1 aliphatic carbocycles. The molecule has 0 fully saturated rings. The molecule has 0 aromatic heterocycles. The van der Waals surface area contributed by atoms with Gasteiger partial charge in [-0.15, -0.1) is 11.8 Å². The number of thioether (sulfide) groups is 1. The van der Waals surface area contributed by atoms with Gasteiger partial charge in [-0.2, -0.15) is 0 Å². The fraction of sp³-hybridized carbons (Fsp3) is 0.400. The van der Waals surface area contributed by atoms with Crippen LogP contribution in [-0.2, 0) is 0 Å². The van der Waals surface area contributed by atoms with Gasteiger partial charge in [0.25, 0.3) is 0 Å². The summed E-state index contributed by atoms with van der Waals surface area (Å²) < 4.78 is 0. The van der Waals surface area contributed by atoms with Gasteiger partial charge in [0.2, 0.25) is 0 Å². The molecular formula is C15H22N2S. The van der Waals surface area contributed by atoms with Gasteiger partial charge in [0.05, 0.1) is 5.55 Å². The van der Waals surface area contributed by atoms with E-state index in [1.807, 2.05) is 19.5 Å². The second-order valence-electron chi connectivity index (χ2n) is 4.32. The molecule has 2 nitrogen and oxygen atoms in total. The van der Waals surface area contributed by atoms with Gasteiger partial charge in [-0.25, -0.2) is 0 Å². The molecule has 0 aliphatic heterocycles. The molecule has 18 heavy (non-hydrogen) atoms. The molecule has 0 amide bonds. The number of hydrogen-bond acceptors (Lipinski definition) is 3. The smallest absolute Gasteiger partial charge is 0.0602 e. The first kappa shape index (κ1) is 15.0. The van der Waals surface area contributed by atoms with Crippen molar-refractivity contribution in [3.8, 4) is 0 Å². The Morgan fingerprint density at radius 3 is 3.11 bits per heavy atom. The van der Waals surface area contributed by atoms with Crippen molar-refractivity contribution in [1.29, 1.82) is 0 Å². The molecule has 0 saturated carbocycles. The van der Waals surface area contributed by atoms with E-state index in [1.165, 1.54) is 11.1 Å². The highest BCUT2D eigenvalue weighted by Gasteiger charge is 1.98. The van der Waals surface area contributed by atoms with Crippen LogP contribution in [0, 0.1) is 0 Å². The summed E-state index contributed by atoms with van der Waals surface area (Å²) in [6, 6.07) is 0. The molecule has 1 aliphatic rings. The normalized spacial score (nSPS) is 19.0. The monoisotopic (exact) mass is 262 g/mol. The summed E-state index contributed by atoms with van der Waals surface area (Å²) in [6.07, 6.45) is 11.2. The summed E-state index contributed by atoms with van der Waals surface area (Å²) in [6.45, 7) is 6.62. The van der Waals surface area contributed by atoms with Gasteiger partial charge in [0, 0.05) is 18.0 Å². The van der Waals surface area contributed by atoms with Crippen LogP contribution in [0.1, 0.15) is 19.8 Å². The number of hydrogen-bond donors (Lipinski definition) is 1. The molecule has 0 unspecified atom stereocenters. The summed E-state index contributed by atoms with van der Waals surface area (Å²) >= 11 is 1.70. The van der Waals surface area contributed by atoms with Crippen molar-refractivity contribution in [1.82, 2.24) is 5.32 Å². The lowest BCUT2D eigenvalue weighted by Gasteiger charge is -2.07. The van der Waals surface area contributed by atoms with E-state index < -0.39 is 0 Å². The fourth-order valence-corrected chi connectivity index (χ4v) is 2.31. The van der Waals surface area contributed by atoms with E-state index in [1.54, 1.807) is 11.8 Å². The van der Waals surface area contributed by atoms with Crippen LogP contribution >= 0.6 is 11.8 Å². The third kappa shape index (κ3) is 6.62. The lowest BCUT2D eigenvalue weighted by molar-refractivity contribution is 0.820. The van der Waals surface area contributed by atoms with Crippen molar-refractivity contribution in [2.24, 2.45) is 4.99 Å². The van der Waals surface area contributed by atoms with Crippen molar-refractivity contribution < 1.29 is 0 Å². The standard InChI is InChI=1S/C15H22N2S/c1-13(2)17-12-18-11-15-7-5-4-6-14(8-9-15)10-16-3/h5,7-9,12,16H,1,4,6,10-11H2,2-3H3/b7-5?,14-8+,15-9?,17-12?. The van der Waals surface area contributed by atoms with E-state index in [4.69, 9.17) is 0 Å². The first-order valence-corrected chi connectivity index (χ1v) is 7.26. The molecule has 0 aromatic rings. The van der Waals surface area contributed by atoms with E-state index in [0.29, 0.717) is 0 Å². The molecule has 0 heterocycles. The van der Waals surface area contributed by atoms with Crippen LogP contribution in [-0.4, -0.2) is 24.9 Å². The van der Waals surface area contributed by atoms with Crippen LogP contribution in [0.4, 0.5) is 0 Å². The largest absolute Gasteiger partial charge is 0.316 e. The minimum absolute atomic E-state index is 0.848. The topological polar surface area (TPSA) is 24.4 Å². The minimum Gasteiger partial charge on any atom is -0.316 e. The third-order valence-electron chi connectivity index (χ3n) is 2.50. The highest BCUT2D eigenvalue weighted by Crippen LogP contribution is 2.14. The van der Waals surface area contributed by atoms with Gasteiger partial charge in [-0.1, -0.05) is 36.5 Å². The molecule has 0 radical (unpaired) electrons. The third-order valence-corrected chi connectivity index (χ3v) is 3.25. The lowest BCUT2D eigenvalue weighted by Crippen LogP contribution is -2.10. The number of aliphatic imine (C=N–C) groups is 1. The highest BCUT2D eigenvalue weighted by molar-refractivity contribution is 8.12. The quantitative estimate of drug-likeness (QED) is 0.583. The summed E-state index contributed by atoms with van der Waals surface area (Å²) in [7, 11) is 1.99. The van der Waals surface area contributed by atoms with Gasteiger partial charge >= 0.3 is 0 Å². The number of rotatable bonds is 6. The first-order chi connectivity index (χ1) is 8.72. The van der Waals surface area contributed by atoms with Crippen molar-refractivity contribution in [2.45, 2.75) is 19.8 Å². The molecule has 0 spiro atoms. The molecule has 0 bridgehead atoms. The first-order valence-electron chi connectivity index (χ1n) is 6.21. The van der Waals surface area contributed by atoms with Gasteiger partial charge in [-0.05, 0) is 32.4 Å². The van der Waals surface area contributed by atoms with Crippen LogP contribution in [0.5, 0.6) is 0 Å². The average molecular weight is 262 g/mol. The number of allylic oxidation sites excluding steroid dienone is 5. The molecule has 1 N–H and O–H groups in total. The van der Waals surface area contributed by atoms with Crippen LogP contribution in [0.2, 0.25) is 0 Å². The molecule has 0 saturated heterocycles. The van der Waals surface area contributed by atoms with Gasteiger partial charge < -0.3 is 5.32 Å². The van der Waals surface area contributed by atoms with Gasteiger partial charge in [0.1, 0.15) is 0 Å². The Hall–Kier alpha value is -1.06. The lowest BCUT2D eigenvalue weighted by atomic mass is 10.1. The minimum atomic E-state index is 0.848. The summed E-state index contributed by atoms with van der Waals surface area (Å²) in [5, 5.41) is 3.21. The van der Waals surface area contributed by atoms with Crippen LogP contribution in [0.25, 0.3) is 0 Å². The van der Waals surface area contributed by atoms with Gasteiger partial charge in [-0.3, -0.25) is 4.99 Å². The van der Waals surface area contributed by atoms with E-state index in [-0.39, 0.29) is 0 Å². The number of nitrogens with zero attached hydrogens (tertiary/aromatic N) is 1. The fourth-order valence-electron chi connectivity index (χ4n) is 1.60. The Kier molecular flexibility index (Phi) is 7.46. The highest BCUT2D eigenvalue weighted by atomic mass is 32.2. The zero-order valence-electron chi connectivity index (χ0n) is 11.3. The maximum atomic E-state index is 4.16. The Morgan fingerprint density at radius 2 is 2.39 bits per heavy atom. The SMILES string of the molecule is C=C(C)N=CSCC1=C/C=C(/CNC)CCC=C1.